The summed E-state index contributed by atoms with van der Waals surface area (Å²) in [5, 5.41) is 2.83. The molecule has 1 heterocycles. The number of ether oxygens (including phenoxy) is 2. The summed E-state index contributed by atoms with van der Waals surface area (Å²) in [7, 11) is -0.289. The van der Waals surface area contributed by atoms with E-state index in [4.69, 9.17) is 9.47 Å². The Labute approximate surface area is 119 Å². The number of nitrogens with one attached hydrogen (secondary N) is 2. The van der Waals surface area contributed by atoms with Crippen LogP contribution in [0.2, 0.25) is 0 Å². The summed E-state index contributed by atoms with van der Waals surface area (Å²) in [6.45, 7) is 1.84. The second-order valence-corrected chi connectivity index (χ2v) is 5.71. The highest BCUT2D eigenvalue weighted by atomic mass is 32.2. The van der Waals surface area contributed by atoms with E-state index in [2.05, 4.69) is 15.0 Å². The van der Waals surface area contributed by atoms with E-state index in [0.717, 1.165) is 0 Å². The zero-order valence-corrected chi connectivity index (χ0v) is 12.6. The Morgan fingerprint density at radius 1 is 1.30 bits per heavy atom. The lowest BCUT2D eigenvalue weighted by Crippen LogP contribution is -2.26. The summed E-state index contributed by atoms with van der Waals surface area (Å²) < 4.78 is 36.8. The Hall–Kier alpha value is -1.22. The van der Waals surface area contributed by atoms with Crippen molar-refractivity contribution in [2.75, 3.05) is 45.8 Å². The zero-order valence-electron chi connectivity index (χ0n) is 11.8. The molecule has 0 aliphatic heterocycles. The number of anilines is 1. The number of methoxy groups -OCH3 is 1. The molecule has 0 aliphatic rings. The normalized spacial score (nSPS) is 11.5. The van der Waals surface area contributed by atoms with Crippen molar-refractivity contribution in [2.45, 2.75) is 11.3 Å². The smallest absolute Gasteiger partial charge is 0.244 e. The number of rotatable bonds is 10. The van der Waals surface area contributed by atoms with Gasteiger partial charge in [0.2, 0.25) is 10.0 Å². The lowest BCUT2D eigenvalue weighted by atomic mass is 10.4. The summed E-state index contributed by atoms with van der Waals surface area (Å²) in [4.78, 5) is 3.98. The minimum Gasteiger partial charge on any atom is -0.387 e. The van der Waals surface area contributed by atoms with Gasteiger partial charge in [-0.25, -0.2) is 13.1 Å². The van der Waals surface area contributed by atoms with Crippen molar-refractivity contribution in [3.8, 4) is 0 Å². The summed E-state index contributed by atoms with van der Waals surface area (Å²) in [5.74, 6) is 0. The van der Waals surface area contributed by atoms with Gasteiger partial charge in [0, 0.05) is 39.7 Å². The maximum absolute atomic E-state index is 12.1. The molecule has 8 heteroatoms. The summed E-state index contributed by atoms with van der Waals surface area (Å²) >= 11 is 0. The maximum Gasteiger partial charge on any atom is 0.244 e. The highest BCUT2D eigenvalue weighted by molar-refractivity contribution is 7.89. The molecule has 20 heavy (non-hydrogen) atoms. The van der Waals surface area contributed by atoms with Crippen LogP contribution in [0, 0.1) is 0 Å². The number of hydrogen-bond donors (Lipinski definition) is 2. The fourth-order valence-electron chi connectivity index (χ4n) is 1.50. The average Bonchev–Trinajstić information content (AvgIpc) is 2.46. The Kier molecular flexibility index (Phi) is 7.45. The SMILES string of the molecule is CNc1ccncc1S(=O)(=O)NCCCOCCOC. The molecule has 7 nitrogen and oxygen atoms in total. The summed E-state index contributed by atoms with van der Waals surface area (Å²) in [6.07, 6.45) is 3.45. The van der Waals surface area contributed by atoms with Crippen molar-refractivity contribution in [3.63, 3.8) is 0 Å². The van der Waals surface area contributed by atoms with Gasteiger partial charge in [-0.15, -0.1) is 0 Å². The van der Waals surface area contributed by atoms with Gasteiger partial charge in [-0.2, -0.15) is 0 Å². The van der Waals surface area contributed by atoms with E-state index in [1.54, 1.807) is 20.2 Å². The minimum absolute atomic E-state index is 0.141. The first-order valence-corrected chi connectivity index (χ1v) is 7.78. The summed E-state index contributed by atoms with van der Waals surface area (Å²) in [6, 6.07) is 1.61. The van der Waals surface area contributed by atoms with Gasteiger partial charge in [0.1, 0.15) is 4.90 Å². The molecule has 1 rings (SSSR count). The molecule has 114 valence electrons. The largest absolute Gasteiger partial charge is 0.387 e. The molecule has 0 amide bonds. The predicted molar refractivity (Wildman–Crippen MR) is 76.3 cm³/mol. The van der Waals surface area contributed by atoms with Crippen LogP contribution in [0.4, 0.5) is 5.69 Å². The van der Waals surface area contributed by atoms with E-state index in [9.17, 15) is 8.42 Å². The van der Waals surface area contributed by atoms with Crippen molar-refractivity contribution in [3.05, 3.63) is 18.5 Å². The second kappa shape index (κ2) is 8.85. The van der Waals surface area contributed by atoms with Crippen molar-refractivity contribution in [1.29, 1.82) is 0 Å². The zero-order chi connectivity index (χ0) is 14.8. The molecule has 0 radical (unpaired) electrons. The van der Waals surface area contributed by atoms with E-state index < -0.39 is 10.0 Å². The van der Waals surface area contributed by atoms with Gasteiger partial charge in [0.25, 0.3) is 0 Å². The van der Waals surface area contributed by atoms with Crippen molar-refractivity contribution >= 4 is 15.7 Å². The fourth-order valence-corrected chi connectivity index (χ4v) is 2.73. The average molecular weight is 303 g/mol. The van der Waals surface area contributed by atoms with Crippen LogP contribution in [0.1, 0.15) is 6.42 Å². The molecule has 0 aliphatic carbocycles. The summed E-state index contributed by atoms with van der Waals surface area (Å²) in [5.41, 5.74) is 0.517. The van der Waals surface area contributed by atoms with Crippen LogP contribution in [0.25, 0.3) is 0 Å². The third-order valence-electron chi connectivity index (χ3n) is 2.53. The topological polar surface area (TPSA) is 89.6 Å². The molecule has 1 aromatic rings. The van der Waals surface area contributed by atoms with Crippen LogP contribution >= 0.6 is 0 Å². The van der Waals surface area contributed by atoms with E-state index in [1.807, 2.05) is 0 Å². The van der Waals surface area contributed by atoms with Crippen LogP contribution in [0.15, 0.2) is 23.4 Å². The third kappa shape index (κ3) is 5.41. The number of aromatic nitrogens is 1. The number of pyridine rings is 1. The molecule has 0 bridgehead atoms. The molecule has 0 unspecified atom stereocenters. The van der Waals surface area contributed by atoms with Crippen LogP contribution < -0.4 is 10.0 Å². The molecule has 0 saturated heterocycles. The van der Waals surface area contributed by atoms with E-state index in [0.29, 0.717) is 38.5 Å². The highest BCUT2D eigenvalue weighted by Crippen LogP contribution is 2.18. The van der Waals surface area contributed by atoms with Gasteiger partial charge in [-0.1, -0.05) is 0 Å². The number of sulfonamides is 1. The Bertz CT molecular complexity index is 493. The Balaban J connectivity index is 2.42. The fraction of sp³-hybridized carbons (Fsp3) is 0.583. The Morgan fingerprint density at radius 3 is 2.80 bits per heavy atom. The standard InChI is InChI=1S/C12H21N3O4S/c1-13-11-4-6-14-10-12(11)20(16,17)15-5-3-7-19-9-8-18-2/h4,6,10,15H,3,5,7-9H2,1-2H3,(H,13,14). The molecule has 0 spiro atoms. The molecule has 0 fully saturated rings. The van der Waals surface area contributed by atoms with Crippen molar-refractivity contribution in [2.24, 2.45) is 0 Å². The molecule has 0 saturated carbocycles. The monoisotopic (exact) mass is 303 g/mol. The van der Waals surface area contributed by atoms with Gasteiger partial charge >= 0.3 is 0 Å². The second-order valence-electron chi connectivity index (χ2n) is 3.98. The molecule has 0 aromatic carbocycles. The number of nitrogens with zero attached hydrogens (tertiary/aromatic N) is 1. The van der Waals surface area contributed by atoms with Gasteiger partial charge in [0.15, 0.2) is 0 Å². The van der Waals surface area contributed by atoms with Crippen LogP contribution in [-0.2, 0) is 19.5 Å². The molecule has 1 aromatic heterocycles. The first-order valence-electron chi connectivity index (χ1n) is 6.30. The van der Waals surface area contributed by atoms with Gasteiger partial charge in [0.05, 0.1) is 18.9 Å². The van der Waals surface area contributed by atoms with Gasteiger partial charge in [-0.3, -0.25) is 4.98 Å². The van der Waals surface area contributed by atoms with Gasteiger partial charge < -0.3 is 14.8 Å². The van der Waals surface area contributed by atoms with E-state index >= 15 is 0 Å². The minimum atomic E-state index is -3.56. The number of hydrogen-bond acceptors (Lipinski definition) is 6. The van der Waals surface area contributed by atoms with Crippen molar-refractivity contribution < 1.29 is 17.9 Å². The van der Waals surface area contributed by atoms with Crippen LogP contribution in [-0.4, -0.2) is 53.9 Å². The maximum atomic E-state index is 12.1. The van der Waals surface area contributed by atoms with E-state index in [1.165, 1.54) is 12.4 Å². The molecular formula is C12H21N3O4S. The van der Waals surface area contributed by atoms with Gasteiger partial charge in [-0.05, 0) is 12.5 Å². The highest BCUT2D eigenvalue weighted by Gasteiger charge is 2.17. The van der Waals surface area contributed by atoms with E-state index in [-0.39, 0.29) is 4.90 Å². The Morgan fingerprint density at radius 2 is 2.10 bits per heavy atom. The van der Waals surface area contributed by atoms with Crippen LogP contribution in [0.3, 0.4) is 0 Å². The molecule has 0 atom stereocenters. The first-order chi connectivity index (χ1) is 9.61. The van der Waals surface area contributed by atoms with Crippen molar-refractivity contribution in [1.82, 2.24) is 9.71 Å². The lowest BCUT2D eigenvalue weighted by molar-refractivity contribution is 0.0699. The van der Waals surface area contributed by atoms with Crippen LogP contribution in [0.5, 0.6) is 0 Å². The third-order valence-corrected chi connectivity index (χ3v) is 4.02. The first kappa shape index (κ1) is 16.8. The molecular weight excluding hydrogens is 282 g/mol. The lowest BCUT2D eigenvalue weighted by Gasteiger charge is -2.10. The quantitative estimate of drug-likeness (QED) is 0.610. The molecule has 2 N–H and O–H groups in total. The predicted octanol–water partition coefficient (Wildman–Crippen LogP) is 0.455.